The van der Waals surface area contributed by atoms with Crippen molar-refractivity contribution < 1.29 is 9.90 Å². The van der Waals surface area contributed by atoms with Crippen LogP contribution in [0.2, 0.25) is 0 Å². The van der Waals surface area contributed by atoms with Crippen molar-refractivity contribution in [2.75, 3.05) is 0 Å². The van der Waals surface area contributed by atoms with Crippen LogP contribution in [0.25, 0.3) is 0 Å². The van der Waals surface area contributed by atoms with Crippen LogP contribution >= 0.6 is 0 Å². The standard InChI is InChI=1S/C9H18O2/c1-4-5-7(2)6-9(11)8(3)10/h7,9,11H,4-6H2,1-3H3. The van der Waals surface area contributed by atoms with Gasteiger partial charge in [-0.15, -0.1) is 0 Å². The van der Waals surface area contributed by atoms with Crippen molar-refractivity contribution in [1.82, 2.24) is 0 Å². The summed E-state index contributed by atoms with van der Waals surface area (Å²) in [5.41, 5.74) is 0. The number of carbonyl (C=O) groups is 1. The molecule has 0 aromatic carbocycles. The van der Waals surface area contributed by atoms with Gasteiger partial charge in [-0.05, 0) is 19.3 Å². The van der Waals surface area contributed by atoms with Crippen molar-refractivity contribution in [3.63, 3.8) is 0 Å². The Hall–Kier alpha value is -0.370. The van der Waals surface area contributed by atoms with Gasteiger partial charge in [-0.1, -0.05) is 26.7 Å². The van der Waals surface area contributed by atoms with E-state index in [0.29, 0.717) is 12.3 Å². The van der Waals surface area contributed by atoms with Crippen LogP contribution in [0.1, 0.15) is 40.0 Å². The third-order valence-electron chi connectivity index (χ3n) is 1.88. The summed E-state index contributed by atoms with van der Waals surface area (Å²) in [6, 6.07) is 0. The van der Waals surface area contributed by atoms with Crippen LogP contribution in [0.5, 0.6) is 0 Å². The molecule has 2 nitrogen and oxygen atoms in total. The lowest BCUT2D eigenvalue weighted by Gasteiger charge is -2.12. The minimum absolute atomic E-state index is 0.118. The van der Waals surface area contributed by atoms with Gasteiger partial charge in [0.25, 0.3) is 0 Å². The van der Waals surface area contributed by atoms with E-state index in [2.05, 4.69) is 13.8 Å². The average molecular weight is 158 g/mol. The summed E-state index contributed by atoms with van der Waals surface area (Å²) in [5.74, 6) is 0.340. The van der Waals surface area contributed by atoms with Crippen molar-refractivity contribution in [3.8, 4) is 0 Å². The molecular formula is C9H18O2. The fourth-order valence-corrected chi connectivity index (χ4v) is 1.16. The molecule has 2 atom stereocenters. The van der Waals surface area contributed by atoms with E-state index in [1.165, 1.54) is 6.92 Å². The molecule has 1 N–H and O–H groups in total. The number of carbonyl (C=O) groups excluding carboxylic acids is 1. The highest BCUT2D eigenvalue weighted by Crippen LogP contribution is 2.12. The molecule has 0 spiro atoms. The maximum absolute atomic E-state index is 10.6. The van der Waals surface area contributed by atoms with E-state index in [9.17, 15) is 9.90 Å². The van der Waals surface area contributed by atoms with Crippen molar-refractivity contribution in [2.45, 2.75) is 46.1 Å². The van der Waals surface area contributed by atoms with Gasteiger partial charge in [0.2, 0.25) is 0 Å². The maximum Gasteiger partial charge on any atom is 0.158 e. The highest BCUT2D eigenvalue weighted by atomic mass is 16.3. The third kappa shape index (κ3) is 4.96. The molecule has 11 heavy (non-hydrogen) atoms. The molecule has 0 aliphatic rings. The lowest BCUT2D eigenvalue weighted by molar-refractivity contribution is -0.125. The van der Waals surface area contributed by atoms with Crippen LogP contribution in [-0.4, -0.2) is 17.0 Å². The summed E-state index contributed by atoms with van der Waals surface area (Å²) in [4.78, 5) is 10.6. The molecule has 0 rings (SSSR count). The first-order chi connectivity index (χ1) is 5.07. The van der Waals surface area contributed by atoms with E-state index in [-0.39, 0.29) is 5.78 Å². The zero-order valence-electron chi connectivity index (χ0n) is 7.63. The molecule has 66 valence electrons. The molecular weight excluding hydrogens is 140 g/mol. The van der Waals surface area contributed by atoms with Crippen molar-refractivity contribution in [2.24, 2.45) is 5.92 Å². The van der Waals surface area contributed by atoms with Crippen LogP contribution in [0.15, 0.2) is 0 Å². The van der Waals surface area contributed by atoms with Crippen molar-refractivity contribution >= 4 is 5.78 Å². The van der Waals surface area contributed by atoms with Gasteiger partial charge in [-0.3, -0.25) is 4.79 Å². The number of Topliss-reactive ketones (excluding diaryl/α,β-unsaturated/α-hetero) is 1. The summed E-state index contributed by atoms with van der Waals surface area (Å²) in [6.45, 7) is 5.61. The van der Waals surface area contributed by atoms with Gasteiger partial charge in [0, 0.05) is 0 Å². The quantitative estimate of drug-likeness (QED) is 0.662. The topological polar surface area (TPSA) is 37.3 Å². The van der Waals surface area contributed by atoms with E-state index < -0.39 is 6.10 Å². The minimum atomic E-state index is -0.739. The number of aliphatic hydroxyl groups is 1. The zero-order valence-corrected chi connectivity index (χ0v) is 7.63. The zero-order chi connectivity index (χ0) is 8.85. The largest absolute Gasteiger partial charge is 0.385 e. The summed E-state index contributed by atoms with van der Waals surface area (Å²) in [5, 5.41) is 9.17. The summed E-state index contributed by atoms with van der Waals surface area (Å²) < 4.78 is 0. The molecule has 0 saturated heterocycles. The SMILES string of the molecule is CCCC(C)CC(O)C(C)=O. The Labute approximate surface area is 68.6 Å². The summed E-state index contributed by atoms with van der Waals surface area (Å²) >= 11 is 0. The number of aliphatic hydroxyl groups excluding tert-OH is 1. The normalized spacial score (nSPS) is 16.0. The predicted molar refractivity (Wildman–Crippen MR) is 45.4 cm³/mol. The lowest BCUT2D eigenvalue weighted by Crippen LogP contribution is -2.19. The van der Waals surface area contributed by atoms with Crippen LogP contribution in [0.4, 0.5) is 0 Å². The Morgan fingerprint density at radius 2 is 2.09 bits per heavy atom. The van der Waals surface area contributed by atoms with Crippen LogP contribution < -0.4 is 0 Å². The highest BCUT2D eigenvalue weighted by molar-refractivity contribution is 5.80. The number of hydrogen-bond acceptors (Lipinski definition) is 2. The molecule has 0 heterocycles. The van der Waals surface area contributed by atoms with Crippen molar-refractivity contribution in [1.29, 1.82) is 0 Å². The minimum Gasteiger partial charge on any atom is -0.385 e. The molecule has 0 aliphatic carbocycles. The third-order valence-corrected chi connectivity index (χ3v) is 1.88. The van der Waals surface area contributed by atoms with E-state index in [1.807, 2.05) is 0 Å². The van der Waals surface area contributed by atoms with Gasteiger partial charge in [0.15, 0.2) is 5.78 Å². The van der Waals surface area contributed by atoms with Gasteiger partial charge in [-0.25, -0.2) is 0 Å². The fraction of sp³-hybridized carbons (Fsp3) is 0.889. The van der Waals surface area contributed by atoms with Crippen LogP contribution in [0.3, 0.4) is 0 Å². The second kappa shape index (κ2) is 5.30. The molecule has 2 heteroatoms. The molecule has 0 saturated carbocycles. The average Bonchev–Trinajstić information content (AvgIpc) is 1.87. The lowest BCUT2D eigenvalue weighted by atomic mass is 9.97. The van der Waals surface area contributed by atoms with Gasteiger partial charge in [0.1, 0.15) is 6.10 Å². The summed E-state index contributed by atoms with van der Waals surface area (Å²) in [6.07, 6.45) is 2.08. The van der Waals surface area contributed by atoms with Crippen molar-refractivity contribution in [3.05, 3.63) is 0 Å². The fourth-order valence-electron chi connectivity index (χ4n) is 1.16. The van der Waals surface area contributed by atoms with Gasteiger partial charge < -0.3 is 5.11 Å². The molecule has 0 aromatic rings. The van der Waals surface area contributed by atoms with E-state index in [4.69, 9.17) is 0 Å². The predicted octanol–water partition coefficient (Wildman–Crippen LogP) is 1.76. The first-order valence-electron chi connectivity index (χ1n) is 4.26. The van der Waals surface area contributed by atoms with Crippen LogP contribution in [0, 0.1) is 5.92 Å². The second-order valence-corrected chi connectivity index (χ2v) is 3.26. The molecule has 2 unspecified atom stereocenters. The van der Waals surface area contributed by atoms with E-state index in [1.54, 1.807) is 0 Å². The van der Waals surface area contributed by atoms with E-state index >= 15 is 0 Å². The number of rotatable bonds is 5. The maximum atomic E-state index is 10.6. The highest BCUT2D eigenvalue weighted by Gasteiger charge is 2.13. The number of ketones is 1. The Morgan fingerprint density at radius 1 is 1.55 bits per heavy atom. The van der Waals surface area contributed by atoms with Crippen LogP contribution in [-0.2, 0) is 4.79 Å². The Morgan fingerprint density at radius 3 is 2.45 bits per heavy atom. The Bertz CT molecular complexity index is 121. The van der Waals surface area contributed by atoms with Gasteiger partial charge in [0.05, 0.1) is 0 Å². The molecule has 0 amide bonds. The van der Waals surface area contributed by atoms with Gasteiger partial charge >= 0.3 is 0 Å². The molecule has 0 fully saturated rings. The Kier molecular flexibility index (Phi) is 5.12. The smallest absolute Gasteiger partial charge is 0.158 e. The monoisotopic (exact) mass is 158 g/mol. The summed E-state index contributed by atoms with van der Waals surface area (Å²) in [7, 11) is 0. The molecule has 0 aliphatic heterocycles. The first-order valence-corrected chi connectivity index (χ1v) is 4.26. The molecule has 0 bridgehead atoms. The molecule has 0 aromatic heterocycles. The van der Waals surface area contributed by atoms with Gasteiger partial charge in [-0.2, -0.15) is 0 Å². The number of hydrogen-bond donors (Lipinski definition) is 1. The van der Waals surface area contributed by atoms with E-state index in [0.717, 1.165) is 12.8 Å². The first kappa shape index (κ1) is 10.6. The second-order valence-electron chi connectivity index (χ2n) is 3.26. The Balaban J connectivity index is 3.56. The molecule has 0 radical (unpaired) electrons.